The van der Waals surface area contributed by atoms with Gasteiger partial charge in [-0.3, -0.25) is 13.8 Å². The lowest BCUT2D eigenvalue weighted by Crippen LogP contribution is -2.15. The maximum Gasteiger partial charge on any atom is 0.161 e. The van der Waals surface area contributed by atoms with E-state index in [1.165, 1.54) is 0 Å². The molecule has 0 aliphatic heterocycles. The summed E-state index contributed by atoms with van der Waals surface area (Å²) in [5.41, 5.74) is 3.77. The predicted molar refractivity (Wildman–Crippen MR) is 131 cm³/mol. The number of aldehydes is 1. The third-order valence-corrected chi connectivity index (χ3v) is 5.48. The van der Waals surface area contributed by atoms with Crippen molar-refractivity contribution < 1.29 is 9.90 Å². The van der Waals surface area contributed by atoms with Crippen molar-refractivity contribution in [3.63, 3.8) is 0 Å². The molecule has 3 heterocycles. The van der Waals surface area contributed by atoms with Crippen LogP contribution in [0.4, 0.5) is 0 Å². The molecule has 4 rings (SSSR count). The number of aliphatic hydroxyl groups is 1. The molecule has 0 unspecified atom stereocenters. The molecule has 1 aromatic carbocycles. The number of nitrogens with zero attached hydrogens (tertiary/aromatic N) is 4. The van der Waals surface area contributed by atoms with E-state index >= 15 is 0 Å². The van der Waals surface area contributed by atoms with Crippen LogP contribution in [0.15, 0.2) is 55.1 Å². The smallest absolute Gasteiger partial charge is 0.161 e. The van der Waals surface area contributed by atoms with Gasteiger partial charge in [0.25, 0.3) is 0 Å². The van der Waals surface area contributed by atoms with Gasteiger partial charge >= 0.3 is 0 Å². The highest BCUT2D eigenvalue weighted by Crippen LogP contribution is 2.32. The lowest BCUT2D eigenvalue weighted by Gasteiger charge is -2.18. The van der Waals surface area contributed by atoms with E-state index in [2.05, 4.69) is 20.3 Å². The molecule has 3 aromatic heterocycles. The van der Waals surface area contributed by atoms with Crippen LogP contribution < -0.4 is 5.32 Å². The van der Waals surface area contributed by atoms with Crippen LogP contribution in [0.1, 0.15) is 29.8 Å². The fourth-order valence-corrected chi connectivity index (χ4v) is 3.76. The number of carbonyl (C=O) groups is 1. The average molecular weight is 450 g/mol. The normalized spacial score (nSPS) is 11.2. The minimum Gasteiger partial charge on any atom is -0.386 e. The number of benzene rings is 1. The Balaban J connectivity index is 0.000000913. The van der Waals surface area contributed by atoms with Crippen LogP contribution in [0.3, 0.4) is 0 Å². The minimum atomic E-state index is -0.950. The van der Waals surface area contributed by atoms with Crippen molar-refractivity contribution in [3.05, 3.63) is 66.2 Å². The summed E-state index contributed by atoms with van der Waals surface area (Å²) in [7, 11) is 3.75. The highest BCUT2D eigenvalue weighted by atomic mass is 32.2. The number of pyridine rings is 1. The number of fused-ring (bicyclic) bond motifs is 1. The van der Waals surface area contributed by atoms with Gasteiger partial charge in [0.15, 0.2) is 5.82 Å². The van der Waals surface area contributed by atoms with Crippen LogP contribution in [0, 0.1) is 0 Å². The van der Waals surface area contributed by atoms with Crippen LogP contribution in [-0.4, -0.2) is 50.7 Å². The Labute approximate surface area is 192 Å². The predicted octanol–water partition coefficient (Wildman–Crippen LogP) is 4.16. The second-order valence-corrected chi connectivity index (χ2v) is 8.49. The Morgan fingerprint density at radius 3 is 2.38 bits per heavy atom. The van der Waals surface area contributed by atoms with E-state index in [-0.39, 0.29) is 0 Å². The van der Waals surface area contributed by atoms with E-state index in [0.29, 0.717) is 17.1 Å². The van der Waals surface area contributed by atoms with E-state index < -0.39 is 5.60 Å². The van der Waals surface area contributed by atoms with Crippen molar-refractivity contribution in [2.24, 2.45) is 0 Å². The Bertz CT molecular complexity index is 1210. The molecule has 0 saturated heterocycles. The summed E-state index contributed by atoms with van der Waals surface area (Å²) in [5, 5.41) is 13.9. The molecule has 7 nitrogen and oxygen atoms in total. The molecule has 0 aliphatic rings. The van der Waals surface area contributed by atoms with Gasteiger partial charge in [0.2, 0.25) is 0 Å². The second-order valence-electron chi connectivity index (χ2n) is 7.73. The van der Waals surface area contributed by atoms with Gasteiger partial charge in [-0.15, -0.1) is 0 Å². The molecular weight excluding hydrogens is 422 g/mol. The van der Waals surface area contributed by atoms with Gasteiger partial charge in [-0.25, -0.2) is 9.97 Å². The molecule has 0 radical (unpaired) electrons. The van der Waals surface area contributed by atoms with Gasteiger partial charge < -0.3 is 10.4 Å². The first kappa shape index (κ1) is 23.6. The van der Waals surface area contributed by atoms with Gasteiger partial charge in [-0.05, 0) is 75.8 Å². The molecule has 32 heavy (non-hydrogen) atoms. The maximum absolute atomic E-state index is 11.2. The van der Waals surface area contributed by atoms with Crippen molar-refractivity contribution >= 4 is 29.1 Å². The Hall–Kier alpha value is -3.07. The van der Waals surface area contributed by atoms with Gasteiger partial charge in [0.1, 0.15) is 6.29 Å². The Morgan fingerprint density at radius 2 is 1.78 bits per heavy atom. The van der Waals surface area contributed by atoms with Gasteiger partial charge in [-0.2, -0.15) is 0 Å². The zero-order valence-electron chi connectivity index (χ0n) is 18.8. The Morgan fingerprint density at radius 1 is 1.09 bits per heavy atom. The minimum absolute atomic E-state index is 0.577. The number of hydrogen-bond donors (Lipinski definition) is 2. The molecule has 0 spiro atoms. The molecular formula is C24H27N5O2S. The van der Waals surface area contributed by atoms with Crippen LogP contribution in [0.2, 0.25) is 0 Å². The van der Waals surface area contributed by atoms with E-state index in [1.807, 2.05) is 48.7 Å². The first-order valence-electron chi connectivity index (χ1n) is 10.1. The quantitative estimate of drug-likeness (QED) is 0.442. The molecule has 0 saturated carbocycles. The molecule has 4 aromatic rings. The van der Waals surface area contributed by atoms with E-state index in [4.69, 9.17) is 0 Å². The Kier molecular flexibility index (Phi) is 7.40. The van der Waals surface area contributed by atoms with Crippen molar-refractivity contribution in [1.29, 1.82) is 0 Å². The van der Waals surface area contributed by atoms with E-state index in [1.54, 1.807) is 56.5 Å². The lowest BCUT2D eigenvalue weighted by molar-refractivity contribution is 0.0785. The van der Waals surface area contributed by atoms with Gasteiger partial charge in [-0.1, -0.05) is 0 Å². The van der Waals surface area contributed by atoms with Crippen molar-refractivity contribution in [2.75, 3.05) is 20.4 Å². The number of rotatable bonds is 5. The fourth-order valence-electron chi connectivity index (χ4n) is 3.19. The molecule has 0 amide bonds. The van der Waals surface area contributed by atoms with Crippen LogP contribution in [0.25, 0.3) is 33.5 Å². The summed E-state index contributed by atoms with van der Waals surface area (Å²) in [6.07, 6.45) is 9.93. The lowest BCUT2D eigenvalue weighted by atomic mass is 9.98. The maximum atomic E-state index is 11.2. The first-order valence-corrected chi connectivity index (χ1v) is 11.3. The van der Waals surface area contributed by atoms with Gasteiger partial charge in [0.05, 0.1) is 16.8 Å². The van der Waals surface area contributed by atoms with Crippen molar-refractivity contribution in [1.82, 2.24) is 24.2 Å². The summed E-state index contributed by atoms with van der Waals surface area (Å²) in [4.78, 5) is 24.7. The summed E-state index contributed by atoms with van der Waals surface area (Å²) < 4.78 is 2.03. The van der Waals surface area contributed by atoms with Gasteiger partial charge in [0, 0.05) is 53.1 Å². The van der Waals surface area contributed by atoms with E-state index in [0.717, 1.165) is 33.9 Å². The van der Waals surface area contributed by atoms with Crippen molar-refractivity contribution in [2.45, 2.75) is 19.4 Å². The molecule has 0 bridgehead atoms. The third-order valence-electron chi connectivity index (χ3n) is 4.78. The number of nitrogens with one attached hydrogen (secondary N) is 1. The summed E-state index contributed by atoms with van der Waals surface area (Å²) >= 11 is 1.57. The van der Waals surface area contributed by atoms with Crippen LogP contribution in [0.5, 0.6) is 0 Å². The van der Waals surface area contributed by atoms with Crippen molar-refractivity contribution in [3.8, 4) is 22.6 Å². The monoisotopic (exact) mass is 449 g/mol. The number of hydrogen-bond acceptors (Lipinski definition) is 7. The molecule has 0 fully saturated rings. The zero-order valence-corrected chi connectivity index (χ0v) is 19.6. The standard InChI is InChI=1S/C22H20N4O2S.C2H7N/c1-22(2,28)16-6-7-23-19(9-16)15-10-24-21(25-11-15)18-12-26(29-3)20-5-4-14(13-27)8-17(18)20;1-3-2/h4-13,28H,1-3H3;3H,1-2H3. The van der Waals surface area contributed by atoms with Crippen LogP contribution in [-0.2, 0) is 5.60 Å². The molecule has 8 heteroatoms. The summed E-state index contributed by atoms with van der Waals surface area (Å²) in [6.45, 7) is 3.47. The summed E-state index contributed by atoms with van der Waals surface area (Å²) in [5.74, 6) is 0.577. The average Bonchev–Trinajstić information content (AvgIpc) is 3.17. The second kappa shape index (κ2) is 10.0. The highest BCUT2D eigenvalue weighted by Gasteiger charge is 2.17. The highest BCUT2D eigenvalue weighted by molar-refractivity contribution is 7.97. The molecule has 0 aliphatic carbocycles. The first-order chi connectivity index (χ1) is 15.3. The zero-order chi connectivity index (χ0) is 23.3. The largest absolute Gasteiger partial charge is 0.386 e. The molecule has 166 valence electrons. The topological polar surface area (TPSA) is 92.9 Å². The van der Waals surface area contributed by atoms with Crippen LogP contribution >= 0.6 is 11.9 Å². The molecule has 0 atom stereocenters. The summed E-state index contributed by atoms with van der Waals surface area (Å²) in [6, 6.07) is 9.22. The number of aromatic nitrogens is 4. The third kappa shape index (κ3) is 5.04. The van der Waals surface area contributed by atoms with E-state index in [9.17, 15) is 9.90 Å². The SMILES string of the molecule is CNC.CSn1cc(-c2ncc(-c3cc(C(C)(C)O)ccn3)cn2)c2cc(C=O)ccc21. The number of carbonyl (C=O) groups excluding carboxylic acids is 1. The molecule has 2 N–H and O–H groups in total. The fraction of sp³-hybridized carbons (Fsp3) is 0.250.